The summed E-state index contributed by atoms with van der Waals surface area (Å²) in [6.07, 6.45) is 0. The topological polar surface area (TPSA) is 217 Å². The molecule has 0 bridgehead atoms. The fraction of sp³-hybridized carbons (Fsp3) is 0.421. The molecule has 0 aliphatic carbocycles. The minimum absolute atomic E-state index is 0.0810. The van der Waals surface area contributed by atoms with Gasteiger partial charge in [-0.25, -0.2) is 19.3 Å². The van der Waals surface area contributed by atoms with Gasteiger partial charge in [0.15, 0.2) is 10.8 Å². The van der Waals surface area contributed by atoms with Gasteiger partial charge in [-0.05, 0) is 22.9 Å². The minimum atomic E-state index is -1.26. The maximum atomic E-state index is 13.1. The van der Waals surface area contributed by atoms with Gasteiger partial charge in [-0.3, -0.25) is 14.5 Å². The van der Waals surface area contributed by atoms with E-state index in [-0.39, 0.29) is 34.6 Å². The van der Waals surface area contributed by atoms with Crippen molar-refractivity contribution in [2.45, 2.75) is 23.5 Å². The van der Waals surface area contributed by atoms with Crippen LogP contribution in [-0.4, -0.2) is 101 Å². The number of nitrogens with one attached hydrogen (secondary N) is 1. The zero-order valence-corrected chi connectivity index (χ0v) is 22.3. The van der Waals surface area contributed by atoms with Crippen molar-refractivity contribution in [1.29, 1.82) is 0 Å². The fourth-order valence-corrected chi connectivity index (χ4v) is 6.33. The molecule has 0 radical (unpaired) electrons. The standard InChI is InChI=1S/C19H21N9O7S3/c1-3-34-10(29)4-35-24-11(9-7-37-18(20)21-9)14(30)22-12-15(31)28-13(17(32)33)8(5-36-16(12)28)6-38-19-23-25-26-27(19)2/h7,12,16H,3-6H2,1-2H3,(H2,20,21)(H,22,30)(H,32,33)/b24-11+. The third-order valence-electron chi connectivity index (χ3n) is 5.12. The van der Waals surface area contributed by atoms with Crippen molar-refractivity contribution in [3.8, 4) is 0 Å². The average Bonchev–Trinajstić information content (AvgIpc) is 3.50. The van der Waals surface area contributed by atoms with Crippen LogP contribution in [0.4, 0.5) is 5.13 Å². The number of aromatic nitrogens is 5. The predicted octanol–water partition coefficient (Wildman–Crippen LogP) is -0.936. The van der Waals surface area contributed by atoms with E-state index in [1.165, 1.54) is 33.6 Å². The van der Waals surface area contributed by atoms with Gasteiger partial charge in [0.1, 0.15) is 22.8 Å². The number of amides is 2. The number of oxime groups is 1. The SMILES string of the molecule is CCOC(=O)CO/N=C(/C(=O)NC1C(=O)N2C(C(=O)O)=C(CSc3nnnn3C)CSC12)c1csc(N)n1. The number of nitrogens with zero attached hydrogens (tertiary/aromatic N) is 7. The highest BCUT2D eigenvalue weighted by Gasteiger charge is 2.54. The molecule has 4 heterocycles. The first-order valence-electron chi connectivity index (χ1n) is 10.8. The first-order chi connectivity index (χ1) is 18.2. The van der Waals surface area contributed by atoms with E-state index in [4.69, 9.17) is 15.3 Å². The lowest BCUT2D eigenvalue weighted by molar-refractivity contribution is -0.150. The number of tetrazole rings is 1. The quantitative estimate of drug-likeness (QED) is 0.0957. The van der Waals surface area contributed by atoms with Gasteiger partial charge < -0.3 is 25.7 Å². The molecule has 0 saturated carbocycles. The number of nitrogens with two attached hydrogens (primary N) is 1. The molecular formula is C19H21N9O7S3. The normalized spacial score (nSPS) is 19.1. The van der Waals surface area contributed by atoms with Crippen LogP contribution in [0.25, 0.3) is 0 Å². The fourth-order valence-electron chi connectivity index (χ4n) is 3.45. The molecule has 0 spiro atoms. The Morgan fingerprint density at radius 1 is 1.39 bits per heavy atom. The van der Waals surface area contributed by atoms with Gasteiger partial charge in [0.05, 0.1) is 6.61 Å². The number of carbonyl (C=O) groups is 4. The van der Waals surface area contributed by atoms with E-state index in [9.17, 15) is 24.3 Å². The number of esters is 1. The van der Waals surface area contributed by atoms with Crippen LogP contribution in [-0.2, 0) is 35.8 Å². The smallest absolute Gasteiger partial charge is 0.352 e. The number of rotatable bonds is 11. The third kappa shape index (κ3) is 5.73. The first kappa shape index (κ1) is 27.3. The number of hydrogen-bond acceptors (Lipinski definition) is 15. The first-order valence-corrected chi connectivity index (χ1v) is 13.8. The molecule has 1 saturated heterocycles. The van der Waals surface area contributed by atoms with Crippen molar-refractivity contribution in [3.63, 3.8) is 0 Å². The summed E-state index contributed by atoms with van der Waals surface area (Å²) in [5, 5.41) is 28.8. The van der Waals surface area contributed by atoms with Crippen LogP contribution in [0.1, 0.15) is 12.6 Å². The Morgan fingerprint density at radius 3 is 2.82 bits per heavy atom. The zero-order valence-electron chi connectivity index (χ0n) is 19.9. The van der Waals surface area contributed by atoms with E-state index in [1.54, 1.807) is 14.0 Å². The van der Waals surface area contributed by atoms with Crippen molar-refractivity contribution >= 4 is 69.5 Å². The van der Waals surface area contributed by atoms with Gasteiger partial charge in [0.25, 0.3) is 11.8 Å². The Hall–Kier alpha value is -3.71. The summed E-state index contributed by atoms with van der Waals surface area (Å²) in [6, 6.07) is -1.02. The number of aliphatic carboxylic acids is 1. The minimum Gasteiger partial charge on any atom is -0.477 e. The van der Waals surface area contributed by atoms with E-state index in [2.05, 4.69) is 31.0 Å². The number of anilines is 1. The lowest BCUT2D eigenvalue weighted by Crippen LogP contribution is -2.71. The highest BCUT2D eigenvalue weighted by Crippen LogP contribution is 2.41. The van der Waals surface area contributed by atoms with Crippen LogP contribution in [0.5, 0.6) is 0 Å². The number of carboxylic acid groups (broad SMARTS) is 1. The summed E-state index contributed by atoms with van der Waals surface area (Å²) in [5.41, 5.74) is 5.83. The van der Waals surface area contributed by atoms with Crippen LogP contribution >= 0.6 is 34.9 Å². The number of hydrogen-bond donors (Lipinski definition) is 3. The molecule has 16 nitrogen and oxygen atoms in total. The van der Waals surface area contributed by atoms with Crippen molar-refractivity contribution in [3.05, 3.63) is 22.3 Å². The molecule has 4 N–H and O–H groups in total. The number of carboxylic acids is 1. The summed E-state index contributed by atoms with van der Waals surface area (Å²) in [7, 11) is 1.66. The van der Waals surface area contributed by atoms with Crippen LogP contribution in [0.15, 0.2) is 27.0 Å². The number of carbonyl (C=O) groups excluding carboxylic acids is 3. The molecule has 202 valence electrons. The molecule has 38 heavy (non-hydrogen) atoms. The number of thiazole rings is 1. The number of ether oxygens (including phenoxy) is 1. The van der Waals surface area contributed by atoms with E-state index in [0.717, 1.165) is 16.2 Å². The molecule has 1 fully saturated rings. The monoisotopic (exact) mass is 583 g/mol. The van der Waals surface area contributed by atoms with E-state index >= 15 is 0 Å². The Labute approximate surface area is 227 Å². The van der Waals surface area contributed by atoms with Crippen molar-refractivity contribution in [2.75, 3.05) is 30.5 Å². The Morgan fingerprint density at radius 2 is 2.18 bits per heavy atom. The lowest BCUT2D eigenvalue weighted by Gasteiger charge is -2.49. The number of nitrogen functional groups attached to an aromatic ring is 1. The second-order valence-corrected chi connectivity index (χ2v) is 10.5. The van der Waals surface area contributed by atoms with Gasteiger partial charge >= 0.3 is 11.9 Å². The maximum absolute atomic E-state index is 13.1. The molecule has 2 unspecified atom stereocenters. The van der Waals surface area contributed by atoms with Crippen molar-refractivity contribution in [1.82, 2.24) is 35.4 Å². The number of thioether (sulfide) groups is 2. The summed E-state index contributed by atoms with van der Waals surface area (Å²) in [4.78, 5) is 59.8. The van der Waals surface area contributed by atoms with Crippen LogP contribution in [0, 0.1) is 0 Å². The summed E-state index contributed by atoms with van der Waals surface area (Å²) < 4.78 is 6.21. The van der Waals surface area contributed by atoms with Crippen LogP contribution in [0.2, 0.25) is 0 Å². The molecule has 4 rings (SSSR count). The molecule has 19 heteroatoms. The molecular weight excluding hydrogens is 562 g/mol. The average molecular weight is 584 g/mol. The predicted molar refractivity (Wildman–Crippen MR) is 135 cm³/mol. The van der Waals surface area contributed by atoms with E-state index < -0.39 is 41.8 Å². The third-order valence-corrected chi connectivity index (χ3v) is 8.23. The summed E-state index contributed by atoms with van der Waals surface area (Å²) in [6.45, 7) is 1.23. The van der Waals surface area contributed by atoms with Crippen molar-refractivity contribution < 1.29 is 33.9 Å². The second-order valence-electron chi connectivity index (χ2n) is 7.58. The highest BCUT2D eigenvalue weighted by molar-refractivity contribution is 8.01. The number of β-lactam (4-membered cyclic amide) rings is 1. The zero-order chi connectivity index (χ0) is 27.4. The Bertz CT molecular complexity index is 1320. The lowest BCUT2D eigenvalue weighted by atomic mass is 10.0. The molecule has 2 atom stereocenters. The number of aryl methyl sites for hydroxylation is 1. The van der Waals surface area contributed by atoms with Gasteiger partial charge in [0.2, 0.25) is 11.8 Å². The Kier molecular flexibility index (Phi) is 8.47. The summed E-state index contributed by atoms with van der Waals surface area (Å²) >= 11 is 3.61. The maximum Gasteiger partial charge on any atom is 0.352 e. The van der Waals surface area contributed by atoms with Crippen LogP contribution < -0.4 is 11.1 Å². The molecule has 2 aromatic rings. The second kappa shape index (κ2) is 11.8. The van der Waals surface area contributed by atoms with E-state index in [0.29, 0.717) is 16.5 Å². The molecule has 2 amide bonds. The van der Waals surface area contributed by atoms with Gasteiger partial charge in [-0.15, -0.1) is 28.2 Å². The Balaban J connectivity index is 1.47. The summed E-state index contributed by atoms with van der Waals surface area (Å²) in [5.74, 6) is -2.78. The number of fused-ring (bicyclic) bond motifs is 1. The van der Waals surface area contributed by atoms with Gasteiger partial charge in [-0.1, -0.05) is 16.9 Å². The van der Waals surface area contributed by atoms with Gasteiger partial charge in [-0.2, -0.15) is 0 Å². The molecule has 2 aliphatic heterocycles. The van der Waals surface area contributed by atoms with E-state index in [1.807, 2.05) is 0 Å². The van der Waals surface area contributed by atoms with Crippen molar-refractivity contribution in [2.24, 2.45) is 12.2 Å². The largest absolute Gasteiger partial charge is 0.477 e. The molecule has 2 aromatic heterocycles. The highest BCUT2D eigenvalue weighted by atomic mass is 32.2. The molecule has 0 aromatic carbocycles. The van der Waals surface area contributed by atoms with Gasteiger partial charge in [0, 0.05) is 23.9 Å². The molecule has 2 aliphatic rings. The van der Waals surface area contributed by atoms with Crippen LogP contribution in [0.3, 0.4) is 0 Å².